The van der Waals surface area contributed by atoms with E-state index in [2.05, 4.69) is 10.2 Å². The van der Waals surface area contributed by atoms with E-state index in [0.717, 1.165) is 0 Å². The average Bonchev–Trinajstić information content (AvgIpc) is 2.69. The number of aryl methyl sites for hydroxylation is 1. The number of nitrogens with zero attached hydrogens (tertiary/aromatic N) is 3. The van der Waals surface area contributed by atoms with Crippen molar-refractivity contribution < 1.29 is 4.39 Å². The van der Waals surface area contributed by atoms with Crippen LogP contribution in [-0.4, -0.2) is 14.8 Å². The van der Waals surface area contributed by atoms with Crippen molar-refractivity contribution in [3.05, 3.63) is 36.2 Å². The van der Waals surface area contributed by atoms with Gasteiger partial charge in [0.25, 0.3) is 0 Å². The van der Waals surface area contributed by atoms with Crippen molar-refractivity contribution in [2.24, 2.45) is 0 Å². The van der Waals surface area contributed by atoms with Gasteiger partial charge >= 0.3 is 0 Å². The molecule has 2 N–H and O–H groups in total. The summed E-state index contributed by atoms with van der Waals surface area (Å²) in [5, 5.41) is 7.63. The minimum atomic E-state index is -0.335. The number of nitrogens with two attached hydrogens (primary N) is 1. The fraction of sp³-hybridized carbons (Fsp3) is 0.200. The van der Waals surface area contributed by atoms with Crippen LogP contribution in [0.15, 0.2) is 24.5 Å². The largest absolute Gasteiger partial charge is 0.399 e. The van der Waals surface area contributed by atoms with E-state index < -0.39 is 0 Å². The summed E-state index contributed by atoms with van der Waals surface area (Å²) in [6.45, 7) is 1.94. The van der Waals surface area contributed by atoms with Crippen molar-refractivity contribution in [3.8, 4) is 5.69 Å². The lowest BCUT2D eigenvalue weighted by Gasteiger charge is -2.07. The van der Waals surface area contributed by atoms with Crippen LogP contribution in [0.1, 0.15) is 12.7 Å². The molecular formula is C10H11FN4. The fourth-order valence-electron chi connectivity index (χ4n) is 1.42. The SMILES string of the molecule is CCc1nncn1-c1cc(N)ccc1F. The number of aromatic nitrogens is 3. The standard InChI is InChI=1S/C10H11FN4/c1-2-10-14-13-6-15(10)9-5-7(12)3-4-8(9)11/h3-6H,2,12H2,1H3. The summed E-state index contributed by atoms with van der Waals surface area (Å²) in [7, 11) is 0. The highest BCUT2D eigenvalue weighted by Crippen LogP contribution is 2.17. The molecule has 0 aliphatic rings. The van der Waals surface area contributed by atoms with Crippen LogP contribution >= 0.6 is 0 Å². The van der Waals surface area contributed by atoms with E-state index in [1.807, 2.05) is 6.92 Å². The second kappa shape index (κ2) is 3.68. The first-order valence-electron chi connectivity index (χ1n) is 4.66. The molecule has 0 radical (unpaired) electrons. The van der Waals surface area contributed by atoms with E-state index in [1.54, 1.807) is 10.6 Å². The van der Waals surface area contributed by atoms with Crippen LogP contribution in [0.25, 0.3) is 5.69 Å². The third-order valence-corrected chi connectivity index (χ3v) is 2.16. The molecule has 0 fully saturated rings. The van der Waals surface area contributed by atoms with Gasteiger partial charge in [0.15, 0.2) is 0 Å². The van der Waals surface area contributed by atoms with Crippen LogP contribution < -0.4 is 5.73 Å². The monoisotopic (exact) mass is 206 g/mol. The van der Waals surface area contributed by atoms with E-state index in [0.29, 0.717) is 23.6 Å². The second-order valence-electron chi connectivity index (χ2n) is 3.18. The van der Waals surface area contributed by atoms with E-state index >= 15 is 0 Å². The van der Waals surface area contributed by atoms with Gasteiger partial charge in [-0.2, -0.15) is 0 Å². The predicted molar refractivity (Wildman–Crippen MR) is 55.1 cm³/mol. The highest BCUT2D eigenvalue weighted by Gasteiger charge is 2.09. The molecule has 4 nitrogen and oxygen atoms in total. The first kappa shape index (κ1) is 9.64. The molecular weight excluding hydrogens is 195 g/mol. The van der Waals surface area contributed by atoms with Crippen molar-refractivity contribution in [2.45, 2.75) is 13.3 Å². The summed E-state index contributed by atoms with van der Waals surface area (Å²) in [4.78, 5) is 0. The third-order valence-electron chi connectivity index (χ3n) is 2.16. The Hall–Kier alpha value is -1.91. The van der Waals surface area contributed by atoms with E-state index in [1.165, 1.54) is 18.5 Å². The van der Waals surface area contributed by atoms with Crippen molar-refractivity contribution in [1.82, 2.24) is 14.8 Å². The Morgan fingerprint density at radius 3 is 3.00 bits per heavy atom. The molecule has 15 heavy (non-hydrogen) atoms. The summed E-state index contributed by atoms with van der Waals surface area (Å²) in [5.74, 6) is 0.373. The molecule has 0 saturated heterocycles. The molecule has 0 bridgehead atoms. The summed E-state index contributed by atoms with van der Waals surface area (Å²) in [6, 6.07) is 4.43. The van der Waals surface area contributed by atoms with Gasteiger partial charge in [-0.1, -0.05) is 6.92 Å². The van der Waals surface area contributed by atoms with Gasteiger partial charge < -0.3 is 5.73 Å². The minimum absolute atomic E-state index is 0.335. The zero-order valence-electron chi connectivity index (χ0n) is 8.31. The molecule has 1 heterocycles. The van der Waals surface area contributed by atoms with Crippen LogP contribution in [0.4, 0.5) is 10.1 Å². The van der Waals surface area contributed by atoms with Gasteiger partial charge in [0.1, 0.15) is 18.0 Å². The maximum absolute atomic E-state index is 13.5. The maximum Gasteiger partial charge on any atom is 0.147 e. The van der Waals surface area contributed by atoms with Gasteiger partial charge in [0.2, 0.25) is 0 Å². The first-order valence-corrected chi connectivity index (χ1v) is 4.66. The topological polar surface area (TPSA) is 56.7 Å². The Morgan fingerprint density at radius 1 is 1.47 bits per heavy atom. The first-order chi connectivity index (χ1) is 7.22. The van der Waals surface area contributed by atoms with Crippen LogP contribution in [0.3, 0.4) is 0 Å². The van der Waals surface area contributed by atoms with Crippen molar-refractivity contribution in [1.29, 1.82) is 0 Å². The number of nitrogen functional groups attached to an aromatic ring is 1. The zero-order chi connectivity index (χ0) is 10.8. The highest BCUT2D eigenvalue weighted by molar-refractivity contribution is 5.48. The molecule has 1 aromatic heterocycles. The molecule has 2 rings (SSSR count). The Bertz CT molecular complexity index is 478. The fourth-order valence-corrected chi connectivity index (χ4v) is 1.42. The highest BCUT2D eigenvalue weighted by atomic mass is 19.1. The molecule has 0 spiro atoms. The smallest absolute Gasteiger partial charge is 0.147 e. The molecule has 5 heteroatoms. The number of benzene rings is 1. The lowest BCUT2D eigenvalue weighted by molar-refractivity contribution is 0.615. The second-order valence-corrected chi connectivity index (χ2v) is 3.18. The molecule has 0 saturated carbocycles. The van der Waals surface area contributed by atoms with E-state index in [9.17, 15) is 4.39 Å². The maximum atomic E-state index is 13.5. The number of hydrogen-bond donors (Lipinski definition) is 1. The number of hydrogen-bond acceptors (Lipinski definition) is 3. The Balaban J connectivity index is 2.58. The van der Waals surface area contributed by atoms with Gasteiger partial charge in [-0.3, -0.25) is 4.57 Å². The third kappa shape index (κ3) is 1.68. The molecule has 0 amide bonds. The molecule has 0 unspecified atom stereocenters. The molecule has 2 aromatic rings. The van der Waals surface area contributed by atoms with Crippen LogP contribution in [0.2, 0.25) is 0 Å². The van der Waals surface area contributed by atoms with Gasteiger partial charge in [-0.05, 0) is 18.2 Å². The Morgan fingerprint density at radius 2 is 2.27 bits per heavy atom. The van der Waals surface area contributed by atoms with E-state index in [-0.39, 0.29) is 5.82 Å². The van der Waals surface area contributed by atoms with Gasteiger partial charge in [-0.15, -0.1) is 10.2 Å². The lowest BCUT2D eigenvalue weighted by atomic mass is 10.2. The van der Waals surface area contributed by atoms with Crippen molar-refractivity contribution in [2.75, 3.05) is 5.73 Å². The molecule has 0 aliphatic carbocycles. The molecule has 0 atom stereocenters. The van der Waals surface area contributed by atoms with Gasteiger partial charge in [0.05, 0.1) is 5.69 Å². The van der Waals surface area contributed by atoms with Crippen LogP contribution in [0, 0.1) is 5.82 Å². The Labute approximate surface area is 86.6 Å². The van der Waals surface area contributed by atoms with E-state index in [4.69, 9.17) is 5.73 Å². The molecule has 78 valence electrons. The predicted octanol–water partition coefficient (Wildman–Crippen LogP) is 1.55. The van der Waals surface area contributed by atoms with Crippen LogP contribution in [0.5, 0.6) is 0 Å². The quantitative estimate of drug-likeness (QED) is 0.758. The summed E-state index contributed by atoms with van der Waals surface area (Å²) < 4.78 is 15.1. The Kier molecular flexibility index (Phi) is 2.37. The average molecular weight is 206 g/mol. The summed E-state index contributed by atoms with van der Waals surface area (Å²) >= 11 is 0. The van der Waals surface area contributed by atoms with Crippen LogP contribution in [-0.2, 0) is 6.42 Å². The normalized spacial score (nSPS) is 10.5. The molecule has 0 aliphatic heterocycles. The molecule has 1 aromatic carbocycles. The van der Waals surface area contributed by atoms with Crippen molar-refractivity contribution >= 4 is 5.69 Å². The van der Waals surface area contributed by atoms with Gasteiger partial charge in [0, 0.05) is 12.1 Å². The van der Waals surface area contributed by atoms with Gasteiger partial charge in [-0.25, -0.2) is 4.39 Å². The summed E-state index contributed by atoms with van der Waals surface area (Å²) in [6.07, 6.45) is 2.17. The number of halogens is 1. The zero-order valence-corrected chi connectivity index (χ0v) is 8.31. The van der Waals surface area contributed by atoms with Crippen molar-refractivity contribution in [3.63, 3.8) is 0 Å². The minimum Gasteiger partial charge on any atom is -0.399 e. The number of rotatable bonds is 2. The summed E-state index contributed by atoms with van der Waals surface area (Å²) in [5.41, 5.74) is 6.51. The lowest BCUT2D eigenvalue weighted by Crippen LogP contribution is -2.02. The number of anilines is 1.